The zero-order chi connectivity index (χ0) is 27.2. The molecule has 2 aliphatic rings. The first-order chi connectivity index (χ1) is 19.0. The number of amides is 1. The third kappa shape index (κ3) is 6.36. The Bertz CT molecular complexity index is 1230. The van der Waals surface area contributed by atoms with Gasteiger partial charge < -0.3 is 19.1 Å². The van der Waals surface area contributed by atoms with Gasteiger partial charge in [-0.1, -0.05) is 49.4 Å². The molecule has 2 aliphatic heterocycles. The maximum absolute atomic E-state index is 14.2. The lowest BCUT2D eigenvalue weighted by molar-refractivity contribution is -0.00210. The highest BCUT2D eigenvalue weighted by Gasteiger charge is 2.43. The molecule has 39 heavy (non-hydrogen) atoms. The number of aryl methyl sites for hydroxylation is 1. The Hall–Kier alpha value is -3.16. The number of carbonyl (C=O) groups is 1. The Morgan fingerprint density at radius 2 is 1.79 bits per heavy atom. The molecule has 7 nitrogen and oxygen atoms in total. The van der Waals surface area contributed by atoms with Crippen molar-refractivity contribution in [1.29, 1.82) is 0 Å². The van der Waals surface area contributed by atoms with Crippen LogP contribution in [0, 0.1) is 11.3 Å². The summed E-state index contributed by atoms with van der Waals surface area (Å²) >= 11 is 0. The number of hydrogen-bond donors (Lipinski definition) is 0. The second kappa shape index (κ2) is 12.3. The number of nitrogens with zero attached hydrogens (tertiary/aromatic N) is 3. The predicted octanol–water partition coefficient (Wildman–Crippen LogP) is 5.30. The van der Waals surface area contributed by atoms with Crippen molar-refractivity contribution in [2.24, 2.45) is 11.3 Å². The average Bonchev–Trinajstić information content (AvgIpc) is 3.24. The van der Waals surface area contributed by atoms with Crippen LogP contribution >= 0.6 is 0 Å². The number of aromatic nitrogens is 2. The molecule has 1 atom stereocenters. The number of carbonyl (C=O) groups excluding carboxylic acids is 1. The molecule has 7 heteroatoms. The molecule has 1 fully saturated rings. The molecule has 3 heterocycles. The summed E-state index contributed by atoms with van der Waals surface area (Å²) in [4.78, 5) is 16.2. The van der Waals surface area contributed by atoms with Crippen LogP contribution in [0.1, 0.15) is 59.6 Å². The second-order valence-electron chi connectivity index (χ2n) is 11.2. The van der Waals surface area contributed by atoms with Gasteiger partial charge in [0.15, 0.2) is 0 Å². The fourth-order valence-corrected chi connectivity index (χ4v) is 5.98. The van der Waals surface area contributed by atoms with Crippen LogP contribution in [0.25, 0.3) is 0 Å². The van der Waals surface area contributed by atoms with Gasteiger partial charge >= 0.3 is 0 Å². The van der Waals surface area contributed by atoms with Crippen molar-refractivity contribution in [2.75, 3.05) is 33.5 Å². The van der Waals surface area contributed by atoms with E-state index in [-0.39, 0.29) is 17.2 Å². The normalized spacial score (nSPS) is 17.6. The minimum atomic E-state index is -0.00493. The van der Waals surface area contributed by atoms with Gasteiger partial charge in [-0.3, -0.25) is 9.48 Å². The molecule has 0 saturated carbocycles. The third-order valence-corrected chi connectivity index (χ3v) is 8.14. The van der Waals surface area contributed by atoms with Crippen LogP contribution in [0.5, 0.6) is 5.75 Å². The monoisotopic (exact) mass is 531 g/mol. The molecule has 0 radical (unpaired) electrons. The fourth-order valence-electron chi connectivity index (χ4n) is 5.98. The quantitative estimate of drug-likeness (QED) is 0.355. The van der Waals surface area contributed by atoms with E-state index in [2.05, 4.69) is 26.0 Å². The van der Waals surface area contributed by atoms with Gasteiger partial charge in [0.1, 0.15) is 11.4 Å². The third-order valence-electron chi connectivity index (χ3n) is 8.14. The highest BCUT2D eigenvalue weighted by Crippen LogP contribution is 2.41. The first-order valence-corrected chi connectivity index (χ1v) is 14.2. The SMILES string of the molecule is CCn1nc(C[C@@H](C)COCc2ccccc2)c2c1C(=O)N(Cc1ccc(OC)cc1)CC1(CCOCC1)C2. The first-order valence-electron chi connectivity index (χ1n) is 14.2. The number of benzene rings is 2. The molecule has 1 saturated heterocycles. The highest BCUT2D eigenvalue weighted by molar-refractivity contribution is 5.95. The number of rotatable bonds is 10. The molecule has 0 N–H and O–H groups in total. The summed E-state index contributed by atoms with van der Waals surface area (Å²) in [6.07, 6.45) is 3.56. The van der Waals surface area contributed by atoms with E-state index in [4.69, 9.17) is 19.3 Å². The molecule has 1 aromatic heterocycles. The molecule has 1 amide bonds. The van der Waals surface area contributed by atoms with E-state index in [0.717, 1.165) is 73.7 Å². The van der Waals surface area contributed by atoms with Crippen LogP contribution in [0.15, 0.2) is 54.6 Å². The van der Waals surface area contributed by atoms with Crippen LogP contribution < -0.4 is 4.74 Å². The van der Waals surface area contributed by atoms with Crippen molar-refractivity contribution in [3.63, 3.8) is 0 Å². The summed E-state index contributed by atoms with van der Waals surface area (Å²) in [5.74, 6) is 1.19. The summed E-state index contributed by atoms with van der Waals surface area (Å²) in [7, 11) is 1.67. The van der Waals surface area contributed by atoms with Crippen LogP contribution in [0.4, 0.5) is 0 Å². The van der Waals surface area contributed by atoms with Gasteiger partial charge in [-0.15, -0.1) is 0 Å². The topological polar surface area (TPSA) is 65.8 Å². The van der Waals surface area contributed by atoms with Crippen LogP contribution in [-0.4, -0.2) is 54.1 Å². The summed E-state index contributed by atoms with van der Waals surface area (Å²) in [6.45, 7) is 8.98. The zero-order valence-electron chi connectivity index (χ0n) is 23.5. The highest BCUT2D eigenvalue weighted by atomic mass is 16.5. The lowest BCUT2D eigenvalue weighted by Gasteiger charge is -2.39. The first kappa shape index (κ1) is 27.4. The van der Waals surface area contributed by atoms with Crippen molar-refractivity contribution in [3.05, 3.63) is 82.7 Å². The lowest BCUT2D eigenvalue weighted by atomic mass is 9.75. The van der Waals surface area contributed by atoms with E-state index < -0.39 is 0 Å². The molecule has 0 bridgehead atoms. The Kier molecular flexibility index (Phi) is 8.68. The number of ether oxygens (including phenoxy) is 3. The molecule has 208 valence electrons. The Balaban J connectivity index is 1.39. The van der Waals surface area contributed by atoms with Crippen molar-refractivity contribution in [3.8, 4) is 5.75 Å². The summed E-state index contributed by atoms with van der Waals surface area (Å²) < 4.78 is 19.1. The van der Waals surface area contributed by atoms with Gasteiger partial charge in [-0.25, -0.2) is 0 Å². The molecule has 2 aromatic carbocycles. The van der Waals surface area contributed by atoms with Crippen molar-refractivity contribution in [2.45, 2.75) is 59.2 Å². The largest absolute Gasteiger partial charge is 0.497 e. The summed E-state index contributed by atoms with van der Waals surface area (Å²) in [5, 5.41) is 5.02. The van der Waals surface area contributed by atoms with Gasteiger partial charge in [0.25, 0.3) is 5.91 Å². The molecule has 0 aliphatic carbocycles. The maximum Gasteiger partial charge on any atom is 0.272 e. The van der Waals surface area contributed by atoms with E-state index in [1.54, 1.807) is 7.11 Å². The van der Waals surface area contributed by atoms with Crippen molar-refractivity contribution >= 4 is 5.91 Å². The summed E-state index contributed by atoms with van der Waals surface area (Å²) in [5.41, 5.74) is 5.22. The average molecular weight is 532 g/mol. The van der Waals surface area contributed by atoms with Crippen LogP contribution in [0.2, 0.25) is 0 Å². The lowest BCUT2D eigenvalue weighted by Crippen LogP contribution is -2.43. The Morgan fingerprint density at radius 3 is 2.49 bits per heavy atom. The van der Waals surface area contributed by atoms with Gasteiger partial charge in [0, 0.05) is 45.0 Å². The number of hydrogen-bond acceptors (Lipinski definition) is 5. The second-order valence-corrected chi connectivity index (χ2v) is 11.2. The number of fused-ring (bicyclic) bond motifs is 1. The molecule has 5 rings (SSSR count). The Morgan fingerprint density at radius 1 is 1.05 bits per heavy atom. The van der Waals surface area contributed by atoms with Crippen LogP contribution in [-0.2, 0) is 42.0 Å². The molecule has 1 spiro atoms. The molecule has 3 aromatic rings. The van der Waals surface area contributed by atoms with E-state index in [0.29, 0.717) is 26.3 Å². The van der Waals surface area contributed by atoms with E-state index in [1.165, 1.54) is 5.56 Å². The zero-order valence-corrected chi connectivity index (χ0v) is 23.5. The smallest absolute Gasteiger partial charge is 0.272 e. The van der Waals surface area contributed by atoms with Gasteiger partial charge in [-0.05, 0) is 67.2 Å². The molecular weight excluding hydrogens is 490 g/mol. The fraction of sp³-hybridized carbons (Fsp3) is 0.500. The molecular formula is C32H41N3O4. The van der Waals surface area contributed by atoms with E-state index in [9.17, 15) is 4.79 Å². The Labute approximate surface area is 232 Å². The van der Waals surface area contributed by atoms with Gasteiger partial charge in [-0.2, -0.15) is 5.10 Å². The maximum atomic E-state index is 14.2. The van der Waals surface area contributed by atoms with Crippen molar-refractivity contribution in [1.82, 2.24) is 14.7 Å². The van der Waals surface area contributed by atoms with Gasteiger partial charge in [0.05, 0.1) is 19.4 Å². The van der Waals surface area contributed by atoms with Gasteiger partial charge in [0.2, 0.25) is 0 Å². The van der Waals surface area contributed by atoms with Crippen LogP contribution in [0.3, 0.4) is 0 Å². The minimum absolute atomic E-state index is 0.00493. The number of methoxy groups -OCH3 is 1. The predicted molar refractivity (Wildman–Crippen MR) is 151 cm³/mol. The minimum Gasteiger partial charge on any atom is -0.497 e. The van der Waals surface area contributed by atoms with E-state index in [1.807, 2.05) is 52.0 Å². The standard InChI is InChI=1S/C32H41N3O4/c1-4-35-30-28(29(33-35)18-24(2)21-39-22-26-8-6-5-7-9-26)19-32(14-16-38-17-15-32)23-34(31(30)36)20-25-10-12-27(37-3)13-11-25/h5-13,24H,4,14-23H2,1-3H3/t24-/m1/s1. The molecule has 0 unspecified atom stereocenters. The van der Waals surface area contributed by atoms with E-state index >= 15 is 0 Å². The summed E-state index contributed by atoms with van der Waals surface area (Å²) in [6, 6.07) is 18.3. The van der Waals surface area contributed by atoms with Crippen molar-refractivity contribution < 1.29 is 19.0 Å².